The second-order valence-corrected chi connectivity index (χ2v) is 5.23. The minimum Gasteiger partial charge on any atom is -0.496 e. The summed E-state index contributed by atoms with van der Waals surface area (Å²) < 4.78 is 5.31. The Morgan fingerprint density at radius 3 is 2.83 bits per heavy atom. The summed E-state index contributed by atoms with van der Waals surface area (Å²) in [6.45, 7) is 2.03. The fourth-order valence-electron chi connectivity index (χ4n) is 2.69. The Morgan fingerprint density at radius 1 is 1.44 bits per heavy atom. The molecule has 98 valence electrons. The predicted molar refractivity (Wildman–Crippen MR) is 71.8 cm³/mol. The van der Waals surface area contributed by atoms with Gasteiger partial charge in [0.1, 0.15) is 11.5 Å². The molecular formula is C15H21NO2. The highest BCUT2D eigenvalue weighted by Crippen LogP contribution is 2.28. The van der Waals surface area contributed by atoms with Crippen molar-refractivity contribution in [3.8, 4) is 5.75 Å². The highest BCUT2D eigenvalue weighted by atomic mass is 16.5. The molecule has 2 atom stereocenters. The summed E-state index contributed by atoms with van der Waals surface area (Å²) in [5.41, 5.74) is 8.00. The lowest BCUT2D eigenvalue weighted by Crippen LogP contribution is -2.19. The first kappa shape index (κ1) is 13.1. The molecule has 18 heavy (non-hydrogen) atoms. The number of nitrogens with two attached hydrogens (primary N) is 1. The van der Waals surface area contributed by atoms with Gasteiger partial charge in [-0.2, -0.15) is 0 Å². The third-order valence-electron chi connectivity index (χ3n) is 3.73. The lowest BCUT2D eigenvalue weighted by molar-refractivity contribution is -0.122. The minimum atomic E-state index is 0.144. The van der Waals surface area contributed by atoms with Crippen LogP contribution in [0, 0.1) is 12.8 Å². The number of benzene rings is 1. The zero-order chi connectivity index (χ0) is 13.1. The van der Waals surface area contributed by atoms with Gasteiger partial charge >= 0.3 is 0 Å². The highest BCUT2D eigenvalue weighted by molar-refractivity contribution is 5.84. The molecule has 2 N–H and O–H groups in total. The summed E-state index contributed by atoms with van der Waals surface area (Å²) in [5.74, 6) is 1.24. The first-order chi connectivity index (χ1) is 8.60. The Labute approximate surface area is 108 Å². The summed E-state index contributed by atoms with van der Waals surface area (Å²) in [4.78, 5) is 12.2. The van der Waals surface area contributed by atoms with Gasteiger partial charge in [0.15, 0.2) is 0 Å². The van der Waals surface area contributed by atoms with E-state index in [0.29, 0.717) is 12.2 Å². The minimum absolute atomic E-state index is 0.144. The van der Waals surface area contributed by atoms with Crippen LogP contribution in [0.5, 0.6) is 5.75 Å². The van der Waals surface area contributed by atoms with Crippen molar-refractivity contribution < 1.29 is 9.53 Å². The van der Waals surface area contributed by atoms with Gasteiger partial charge in [0.25, 0.3) is 0 Å². The molecule has 1 aliphatic rings. The molecule has 1 aromatic carbocycles. The molecule has 0 spiro atoms. The quantitative estimate of drug-likeness (QED) is 0.887. The third kappa shape index (κ3) is 2.91. The number of hydrogen-bond donors (Lipinski definition) is 1. The van der Waals surface area contributed by atoms with Crippen molar-refractivity contribution >= 4 is 5.78 Å². The van der Waals surface area contributed by atoms with E-state index in [1.54, 1.807) is 7.11 Å². The van der Waals surface area contributed by atoms with Crippen molar-refractivity contribution in [2.75, 3.05) is 7.11 Å². The normalized spacial score (nSPS) is 23.1. The Morgan fingerprint density at radius 2 is 2.22 bits per heavy atom. The van der Waals surface area contributed by atoms with Gasteiger partial charge in [-0.1, -0.05) is 17.7 Å². The predicted octanol–water partition coefficient (Wildman–Crippen LogP) is 2.24. The van der Waals surface area contributed by atoms with Crippen LogP contribution in [0.1, 0.15) is 30.4 Å². The number of aryl methyl sites for hydroxylation is 1. The van der Waals surface area contributed by atoms with Crippen LogP contribution in [0.3, 0.4) is 0 Å². The average molecular weight is 247 g/mol. The Bertz CT molecular complexity index is 442. The van der Waals surface area contributed by atoms with Crippen molar-refractivity contribution in [3.63, 3.8) is 0 Å². The molecule has 0 heterocycles. The molecule has 3 nitrogen and oxygen atoms in total. The van der Waals surface area contributed by atoms with E-state index in [9.17, 15) is 4.79 Å². The van der Waals surface area contributed by atoms with E-state index in [4.69, 9.17) is 10.5 Å². The van der Waals surface area contributed by atoms with E-state index >= 15 is 0 Å². The lowest BCUT2D eigenvalue weighted by Gasteiger charge is -2.12. The second kappa shape index (κ2) is 5.53. The van der Waals surface area contributed by atoms with Crippen molar-refractivity contribution in [1.29, 1.82) is 0 Å². The standard InChI is InChI=1S/C15H21NO2/c1-10-3-6-15(18-2)12(7-10)9-14(17)11-4-5-13(16)8-11/h3,6-7,11,13H,4-5,8-9,16H2,1-2H3. The molecule has 2 unspecified atom stereocenters. The van der Waals surface area contributed by atoms with Crippen molar-refractivity contribution in [2.24, 2.45) is 11.7 Å². The molecule has 0 radical (unpaired) electrons. The zero-order valence-electron chi connectivity index (χ0n) is 11.1. The van der Waals surface area contributed by atoms with Crippen molar-refractivity contribution in [3.05, 3.63) is 29.3 Å². The largest absolute Gasteiger partial charge is 0.496 e. The van der Waals surface area contributed by atoms with Crippen LogP contribution in [0.2, 0.25) is 0 Å². The van der Waals surface area contributed by atoms with Gasteiger partial charge in [0, 0.05) is 23.9 Å². The van der Waals surface area contributed by atoms with Gasteiger partial charge in [0.05, 0.1) is 7.11 Å². The van der Waals surface area contributed by atoms with Crippen LogP contribution in [0.25, 0.3) is 0 Å². The Kier molecular flexibility index (Phi) is 4.02. The topological polar surface area (TPSA) is 52.3 Å². The van der Waals surface area contributed by atoms with Crippen LogP contribution < -0.4 is 10.5 Å². The fourth-order valence-corrected chi connectivity index (χ4v) is 2.69. The van der Waals surface area contributed by atoms with Gasteiger partial charge in [0.2, 0.25) is 0 Å². The maximum atomic E-state index is 12.2. The zero-order valence-corrected chi connectivity index (χ0v) is 11.1. The number of carbonyl (C=O) groups excluding carboxylic acids is 1. The van der Waals surface area contributed by atoms with Gasteiger partial charge < -0.3 is 10.5 Å². The van der Waals surface area contributed by atoms with E-state index in [2.05, 4.69) is 0 Å². The average Bonchev–Trinajstić information content (AvgIpc) is 2.76. The first-order valence-electron chi connectivity index (χ1n) is 6.52. The molecule has 0 aliphatic heterocycles. The summed E-state index contributed by atoms with van der Waals surface area (Å²) >= 11 is 0. The Balaban J connectivity index is 2.09. The monoisotopic (exact) mass is 247 g/mol. The SMILES string of the molecule is COc1ccc(C)cc1CC(=O)C1CCC(N)C1. The van der Waals surface area contributed by atoms with Crippen LogP contribution in [0.15, 0.2) is 18.2 Å². The first-order valence-corrected chi connectivity index (χ1v) is 6.52. The molecule has 3 heteroatoms. The van der Waals surface area contributed by atoms with E-state index in [0.717, 1.165) is 36.1 Å². The molecular weight excluding hydrogens is 226 g/mol. The Hall–Kier alpha value is -1.35. The number of rotatable bonds is 4. The summed E-state index contributed by atoms with van der Waals surface area (Å²) in [6, 6.07) is 6.17. The number of methoxy groups -OCH3 is 1. The number of ketones is 1. The second-order valence-electron chi connectivity index (χ2n) is 5.23. The lowest BCUT2D eigenvalue weighted by atomic mass is 9.95. The number of hydrogen-bond acceptors (Lipinski definition) is 3. The molecule has 0 aromatic heterocycles. The van der Waals surface area contributed by atoms with Gasteiger partial charge in [-0.3, -0.25) is 4.79 Å². The molecule has 0 amide bonds. The molecule has 1 saturated carbocycles. The van der Waals surface area contributed by atoms with E-state index in [1.165, 1.54) is 0 Å². The molecule has 1 aromatic rings. The number of ether oxygens (including phenoxy) is 1. The van der Waals surface area contributed by atoms with Gasteiger partial charge in [-0.05, 0) is 32.3 Å². The maximum Gasteiger partial charge on any atom is 0.140 e. The summed E-state index contributed by atoms with van der Waals surface area (Å²) in [7, 11) is 1.64. The maximum absolute atomic E-state index is 12.2. The number of Topliss-reactive ketones (excluding diaryl/α,β-unsaturated/α-hetero) is 1. The highest BCUT2D eigenvalue weighted by Gasteiger charge is 2.27. The van der Waals surface area contributed by atoms with Crippen molar-refractivity contribution in [1.82, 2.24) is 0 Å². The smallest absolute Gasteiger partial charge is 0.140 e. The summed E-state index contributed by atoms with van der Waals surface area (Å²) in [6.07, 6.45) is 3.21. The molecule has 2 rings (SSSR count). The van der Waals surface area contributed by atoms with Crippen molar-refractivity contribution in [2.45, 2.75) is 38.6 Å². The molecule has 0 bridgehead atoms. The van der Waals surface area contributed by atoms with Crippen LogP contribution in [-0.4, -0.2) is 18.9 Å². The fraction of sp³-hybridized carbons (Fsp3) is 0.533. The molecule has 0 saturated heterocycles. The third-order valence-corrected chi connectivity index (χ3v) is 3.73. The van der Waals surface area contributed by atoms with E-state index in [-0.39, 0.29) is 12.0 Å². The van der Waals surface area contributed by atoms with E-state index < -0.39 is 0 Å². The van der Waals surface area contributed by atoms with Crippen LogP contribution in [-0.2, 0) is 11.2 Å². The molecule has 1 fully saturated rings. The van der Waals surface area contributed by atoms with Gasteiger partial charge in [-0.15, -0.1) is 0 Å². The van der Waals surface area contributed by atoms with Crippen LogP contribution >= 0.6 is 0 Å². The molecule has 1 aliphatic carbocycles. The van der Waals surface area contributed by atoms with Crippen LogP contribution in [0.4, 0.5) is 0 Å². The van der Waals surface area contributed by atoms with E-state index in [1.807, 2.05) is 25.1 Å². The van der Waals surface area contributed by atoms with Gasteiger partial charge in [-0.25, -0.2) is 0 Å². The number of carbonyl (C=O) groups is 1. The summed E-state index contributed by atoms with van der Waals surface area (Å²) in [5, 5.41) is 0.